The van der Waals surface area contributed by atoms with Gasteiger partial charge in [0.25, 0.3) is 0 Å². The van der Waals surface area contributed by atoms with Crippen LogP contribution in [0.15, 0.2) is 22.8 Å². The van der Waals surface area contributed by atoms with Crippen LogP contribution >= 0.6 is 0 Å². The zero-order valence-electron chi connectivity index (χ0n) is 10.6. The lowest BCUT2D eigenvalue weighted by molar-refractivity contribution is 0.462. The van der Waals surface area contributed by atoms with Crippen LogP contribution in [0.3, 0.4) is 0 Å². The zero-order chi connectivity index (χ0) is 12.9. The molecular weight excluding hydrogens is 238 g/mol. The molecule has 0 saturated heterocycles. The molecule has 0 fully saturated rings. The van der Waals surface area contributed by atoms with Gasteiger partial charge in [-0.2, -0.15) is 0 Å². The molecule has 0 saturated carbocycles. The lowest BCUT2D eigenvalue weighted by atomic mass is 10.2. The first-order chi connectivity index (χ1) is 7.92. The number of furan rings is 1. The fraction of sp³-hybridized carbons (Fsp3) is 0.667. The van der Waals surface area contributed by atoms with Crippen molar-refractivity contribution in [2.75, 3.05) is 12.3 Å². The maximum atomic E-state index is 11.6. The monoisotopic (exact) mass is 259 g/mol. The summed E-state index contributed by atoms with van der Waals surface area (Å²) in [5.41, 5.74) is 0. The molecule has 17 heavy (non-hydrogen) atoms. The summed E-state index contributed by atoms with van der Waals surface area (Å²) in [5, 5.41) is 2.89. The van der Waals surface area contributed by atoms with Crippen LogP contribution in [-0.2, 0) is 16.3 Å². The Labute approximate surface area is 103 Å². The Hall–Kier alpha value is -0.810. The van der Waals surface area contributed by atoms with E-state index in [-0.39, 0.29) is 17.0 Å². The topological polar surface area (TPSA) is 59.3 Å². The highest BCUT2D eigenvalue weighted by Gasteiger charge is 2.15. The Morgan fingerprint density at radius 2 is 2.06 bits per heavy atom. The number of hydrogen-bond acceptors (Lipinski definition) is 4. The SMILES string of the molecule is CC(Cc1ccco1)NCCS(=O)(=O)C(C)C. The Bertz CT molecular complexity index is 409. The summed E-state index contributed by atoms with van der Waals surface area (Å²) >= 11 is 0. The number of nitrogens with one attached hydrogen (secondary N) is 1. The second kappa shape index (κ2) is 6.21. The van der Waals surface area contributed by atoms with Gasteiger partial charge in [-0.3, -0.25) is 0 Å². The van der Waals surface area contributed by atoms with E-state index < -0.39 is 9.84 Å². The molecule has 98 valence electrons. The summed E-state index contributed by atoms with van der Waals surface area (Å²) in [7, 11) is -2.94. The second-order valence-electron chi connectivity index (χ2n) is 4.55. The molecule has 1 N–H and O–H groups in total. The Kier molecular flexibility index (Phi) is 5.21. The summed E-state index contributed by atoms with van der Waals surface area (Å²) in [6.45, 7) is 5.93. The van der Waals surface area contributed by atoms with Gasteiger partial charge in [-0.25, -0.2) is 8.42 Å². The fourth-order valence-electron chi connectivity index (χ4n) is 1.49. The molecule has 5 heteroatoms. The summed E-state index contributed by atoms with van der Waals surface area (Å²) < 4.78 is 28.4. The minimum atomic E-state index is -2.94. The quantitative estimate of drug-likeness (QED) is 0.808. The molecule has 0 spiro atoms. The molecule has 0 aliphatic heterocycles. The van der Waals surface area contributed by atoms with Crippen molar-refractivity contribution < 1.29 is 12.8 Å². The van der Waals surface area contributed by atoms with Crippen molar-refractivity contribution in [3.05, 3.63) is 24.2 Å². The van der Waals surface area contributed by atoms with Crippen LogP contribution in [0.4, 0.5) is 0 Å². The first kappa shape index (κ1) is 14.3. The molecule has 0 radical (unpaired) electrons. The molecule has 0 aliphatic carbocycles. The molecule has 1 aromatic rings. The lowest BCUT2D eigenvalue weighted by Gasteiger charge is -2.13. The van der Waals surface area contributed by atoms with E-state index >= 15 is 0 Å². The van der Waals surface area contributed by atoms with Crippen LogP contribution < -0.4 is 5.32 Å². The Morgan fingerprint density at radius 3 is 2.59 bits per heavy atom. The molecule has 1 heterocycles. The third-order valence-electron chi connectivity index (χ3n) is 2.69. The maximum absolute atomic E-state index is 11.6. The van der Waals surface area contributed by atoms with Gasteiger partial charge in [0.2, 0.25) is 0 Å². The summed E-state index contributed by atoms with van der Waals surface area (Å²) in [5.74, 6) is 1.10. The van der Waals surface area contributed by atoms with Crippen molar-refractivity contribution in [3.8, 4) is 0 Å². The highest BCUT2D eigenvalue weighted by atomic mass is 32.2. The van der Waals surface area contributed by atoms with E-state index in [4.69, 9.17) is 4.42 Å². The minimum absolute atomic E-state index is 0.188. The predicted molar refractivity (Wildman–Crippen MR) is 68.8 cm³/mol. The van der Waals surface area contributed by atoms with Crippen LogP contribution in [-0.4, -0.2) is 32.0 Å². The maximum Gasteiger partial charge on any atom is 0.153 e. The molecule has 1 unspecified atom stereocenters. The van der Waals surface area contributed by atoms with E-state index in [1.807, 2.05) is 19.1 Å². The van der Waals surface area contributed by atoms with Gasteiger partial charge < -0.3 is 9.73 Å². The van der Waals surface area contributed by atoms with Crippen molar-refractivity contribution in [1.29, 1.82) is 0 Å². The number of sulfone groups is 1. The van der Waals surface area contributed by atoms with Crippen LogP contribution in [0.1, 0.15) is 26.5 Å². The third-order valence-corrected chi connectivity index (χ3v) is 4.89. The molecular formula is C12H21NO3S. The van der Waals surface area contributed by atoms with Crippen LogP contribution in [0.2, 0.25) is 0 Å². The van der Waals surface area contributed by atoms with Gasteiger partial charge in [0.15, 0.2) is 9.84 Å². The van der Waals surface area contributed by atoms with Crippen LogP contribution in [0, 0.1) is 0 Å². The molecule has 0 bridgehead atoms. The van der Waals surface area contributed by atoms with Gasteiger partial charge in [0.05, 0.1) is 17.3 Å². The highest BCUT2D eigenvalue weighted by Crippen LogP contribution is 2.04. The van der Waals surface area contributed by atoms with Crippen LogP contribution in [0.5, 0.6) is 0 Å². The molecule has 1 atom stereocenters. The molecule has 4 nitrogen and oxygen atoms in total. The van der Waals surface area contributed by atoms with E-state index in [2.05, 4.69) is 5.32 Å². The van der Waals surface area contributed by atoms with E-state index in [1.165, 1.54) is 0 Å². The molecule has 0 aromatic carbocycles. The van der Waals surface area contributed by atoms with Crippen molar-refractivity contribution >= 4 is 9.84 Å². The zero-order valence-corrected chi connectivity index (χ0v) is 11.5. The first-order valence-electron chi connectivity index (χ1n) is 5.89. The highest BCUT2D eigenvalue weighted by molar-refractivity contribution is 7.92. The molecule has 1 rings (SSSR count). The van der Waals surface area contributed by atoms with Gasteiger partial charge in [-0.15, -0.1) is 0 Å². The van der Waals surface area contributed by atoms with Crippen molar-refractivity contribution in [2.45, 2.75) is 38.5 Å². The lowest BCUT2D eigenvalue weighted by Crippen LogP contribution is -2.34. The van der Waals surface area contributed by atoms with E-state index in [1.54, 1.807) is 20.1 Å². The first-order valence-corrected chi connectivity index (χ1v) is 7.60. The van der Waals surface area contributed by atoms with Crippen molar-refractivity contribution in [1.82, 2.24) is 5.32 Å². The van der Waals surface area contributed by atoms with E-state index in [0.717, 1.165) is 12.2 Å². The Balaban J connectivity index is 2.27. The molecule has 0 aliphatic rings. The van der Waals surface area contributed by atoms with Gasteiger partial charge in [0.1, 0.15) is 5.76 Å². The largest absolute Gasteiger partial charge is 0.469 e. The average Bonchev–Trinajstić information content (AvgIpc) is 2.69. The van der Waals surface area contributed by atoms with Crippen LogP contribution in [0.25, 0.3) is 0 Å². The third kappa shape index (κ3) is 4.91. The summed E-state index contributed by atoms with van der Waals surface area (Å²) in [4.78, 5) is 0. The average molecular weight is 259 g/mol. The van der Waals surface area contributed by atoms with E-state index in [0.29, 0.717) is 6.54 Å². The van der Waals surface area contributed by atoms with E-state index in [9.17, 15) is 8.42 Å². The Morgan fingerprint density at radius 1 is 1.35 bits per heavy atom. The predicted octanol–water partition coefficient (Wildman–Crippen LogP) is 1.62. The number of hydrogen-bond donors (Lipinski definition) is 1. The molecule has 0 amide bonds. The van der Waals surface area contributed by atoms with Crippen molar-refractivity contribution in [3.63, 3.8) is 0 Å². The standard InChI is InChI=1S/C12H21NO3S/c1-10(2)17(14,15)8-6-13-11(3)9-12-5-4-7-16-12/h4-5,7,10-11,13H,6,8-9H2,1-3H3. The minimum Gasteiger partial charge on any atom is -0.469 e. The fourth-order valence-corrected chi connectivity index (χ4v) is 2.36. The number of rotatable bonds is 7. The normalized spacial score (nSPS) is 14.1. The molecule has 1 aromatic heterocycles. The summed E-state index contributed by atoms with van der Waals surface area (Å²) in [6, 6.07) is 3.98. The summed E-state index contributed by atoms with van der Waals surface area (Å²) in [6.07, 6.45) is 2.42. The van der Waals surface area contributed by atoms with Gasteiger partial charge in [0, 0.05) is 19.0 Å². The van der Waals surface area contributed by atoms with Gasteiger partial charge in [-0.1, -0.05) is 0 Å². The van der Waals surface area contributed by atoms with Gasteiger partial charge in [-0.05, 0) is 32.9 Å². The smallest absolute Gasteiger partial charge is 0.153 e. The van der Waals surface area contributed by atoms with Crippen molar-refractivity contribution in [2.24, 2.45) is 0 Å². The van der Waals surface area contributed by atoms with Gasteiger partial charge >= 0.3 is 0 Å². The second-order valence-corrected chi connectivity index (χ2v) is 7.23.